The van der Waals surface area contributed by atoms with Crippen LogP contribution >= 0.6 is 11.3 Å². The number of nitrogens with zero attached hydrogens (tertiary/aromatic N) is 1. The summed E-state index contributed by atoms with van der Waals surface area (Å²) in [5.74, 6) is 0. The van der Waals surface area contributed by atoms with Crippen LogP contribution < -0.4 is 4.90 Å². The highest BCUT2D eigenvalue weighted by molar-refractivity contribution is 7.26. The molecule has 10 aromatic carbocycles. The number of hydrogen-bond donors (Lipinski definition) is 0. The van der Waals surface area contributed by atoms with Crippen LogP contribution in [0.4, 0.5) is 17.1 Å². The largest absolute Gasteiger partial charge is 0.455 e. The number of hydrogen-bond acceptors (Lipinski definition) is 3. The zero-order valence-electron chi connectivity index (χ0n) is 32.0. The van der Waals surface area contributed by atoms with Crippen molar-refractivity contribution in [3.05, 3.63) is 212 Å². The molecule has 3 heteroatoms. The summed E-state index contributed by atoms with van der Waals surface area (Å²) in [6, 6.07) is 76.9. The minimum absolute atomic E-state index is 0.894. The van der Waals surface area contributed by atoms with Crippen molar-refractivity contribution < 1.29 is 4.42 Å². The number of thiophene rings is 1. The minimum Gasteiger partial charge on any atom is -0.455 e. The van der Waals surface area contributed by atoms with Gasteiger partial charge in [-0.1, -0.05) is 158 Å². The molecule has 0 spiro atoms. The van der Waals surface area contributed by atoms with Gasteiger partial charge in [0.1, 0.15) is 11.2 Å². The molecule has 0 atom stereocenters. The van der Waals surface area contributed by atoms with Crippen LogP contribution in [0.2, 0.25) is 0 Å². The SMILES string of the molecule is c1ccc(-c2cccc3c2oc2ccc(-c4ccc(N(c5ccc(-c6cccc7c6sc6ccccc67)cc5)c5ccc6c(ccc7ccccc76)c5)cc4)cc23)cc1. The van der Waals surface area contributed by atoms with Gasteiger partial charge in [-0.3, -0.25) is 0 Å². The summed E-state index contributed by atoms with van der Waals surface area (Å²) in [7, 11) is 0. The van der Waals surface area contributed by atoms with E-state index in [4.69, 9.17) is 4.42 Å². The number of benzene rings is 10. The second-order valence-corrected chi connectivity index (χ2v) is 16.3. The predicted molar refractivity (Wildman–Crippen MR) is 253 cm³/mol. The summed E-state index contributed by atoms with van der Waals surface area (Å²) in [6.07, 6.45) is 0. The molecule has 0 saturated heterocycles. The van der Waals surface area contributed by atoms with E-state index in [9.17, 15) is 0 Å². The minimum atomic E-state index is 0.894. The zero-order valence-corrected chi connectivity index (χ0v) is 32.8. The lowest BCUT2D eigenvalue weighted by Gasteiger charge is -2.26. The second-order valence-electron chi connectivity index (χ2n) is 15.3. The number of fused-ring (bicyclic) bond motifs is 9. The molecule has 2 heterocycles. The molecular formula is C56H35NOS. The Bertz CT molecular complexity index is 3540. The molecule has 0 radical (unpaired) electrons. The third-order valence-electron chi connectivity index (χ3n) is 11.9. The van der Waals surface area contributed by atoms with Crippen molar-refractivity contribution in [2.45, 2.75) is 0 Å². The first-order chi connectivity index (χ1) is 29.2. The smallest absolute Gasteiger partial charge is 0.143 e. The van der Waals surface area contributed by atoms with Crippen molar-refractivity contribution in [1.29, 1.82) is 0 Å². The average Bonchev–Trinajstić information content (AvgIpc) is 3.88. The molecule has 59 heavy (non-hydrogen) atoms. The lowest BCUT2D eigenvalue weighted by atomic mass is 9.99. The Hall–Kier alpha value is -7.46. The van der Waals surface area contributed by atoms with Gasteiger partial charge < -0.3 is 9.32 Å². The molecule has 2 aromatic heterocycles. The van der Waals surface area contributed by atoms with Crippen LogP contribution in [0.1, 0.15) is 0 Å². The molecule has 0 fully saturated rings. The van der Waals surface area contributed by atoms with Gasteiger partial charge in [0.2, 0.25) is 0 Å². The summed E-state index contributed by atoms with van der Waals surface area (Å²) < 4.78 is 9.14. The number of para-hydroxylation sites is 1. The summed E-state index contributed by atoms with van der Waals surface area (Å²) in [6.45, 7) is 0. The Labute approximate surface area is 345 Å². The molecular weight excluding hydrogens is 735 g/mol. The molecule has 0 bridgehead atoms. The van der Waals surface area contributed by atoms with E-state index in [0.29, 0.717) is 0 Å². The van der Waals surface area contributed by atoms with E-state index in [1.54, 1.807) is 0 Å². The quantitative estimate of drug-likeness (QED) is 0.157. The van der Waals surface area contributed by atoms with Gasteiger partial charge in [-0.15, -0.1) is 11.3 Å². The molecule has 0 saturated carbocycles. The molecule has 0 aliphatic rings. The fraction of sp³-hybridized carbons (Fsp3) is 0. The van der Waals surface area contributed by atoms with Crippen LogP contribution in [0.25, 0.3) is 97.0 Å². The van der Waals surface area contributed by atoms with Gasteiger partial charge in [-0.2, -0.15) is 0 Å². The number of anilines is 3. The maximum atomic E-state index is 6.50. The van der Waals surface area contributed by atoms with Crippen molar-refractivity contribution in [3.8, 4) is 33.4 Å². The third kappa shape index (κ3) is 5.62. The Morgan fingerprint density at radius 3 is 1.78 bits per heavy atom. The summed E-state index contributed by atoms with van der Waals surface area (Å²) in [5, 5.41) is 9.88. The number of furan rings is 1. The van der Waals surface area contributed by atoms with E-state index >= 15 is 0 Å². The van der Waals surface area contributed by atoms with Crippen molar-refractivity contribution in [2.75, 3.05) is 4.90 Å². The van der Waals surface area contributed by atoms with Crippen molar-refractivity contribution in [2.24, 2.45) is 0 Å². The van der Waals surface area contributed by atoms with Crippen molar-refractivity contribution in [3.63, 3.8) is 0 Å². The first-order valence-electron chi connectivity index (χ1n) is 20.1. The Balaban J connectivity index is 0.950. The standard InChI is InChI=1S/C56H35NOS/c1-2-10-37(11-3-1)47-15-8-17-50-52-35-40(26-33-53(52)58-55(47)50)36-22-27-42(28-23-36)57(44-31-32-46-41(34-44)21-20-38-12-4-5-13-45(38)46)43-29-24-39(25-30-43)48-16-9-18-51-49-14-6-7-19-54(49)59-56(48)51/h1-35H. The van der Waals surface area contributed by atoms with Gasteiger partial charge in [0.25, 0.3) is 0 Å². The molecule has 276 valence electrons. The Morgan fingerprint density at radius 1 is 0.339 bits per heavy atom. The van der Waals surface area contributed by atoms with E-state index in [1.165, 1.54) is 52.8 Å². The van der Waals surface area contributed by atoms with E-state index in [2.05, 4.69) is 211 Å². The maximum absolute atomic E-state index is 6.50. The van der Waals surface area contributed by atoms with Crippen molar-refractivity contribution in [1.82, 2.24) is 0 Å². The van der Waals surface area contributed by atoms with Crippen LogP contribution in [0.15, 0.2) is 217 Å². The van der Waals surface area contributed by atoms with Crippen LogP contribution in [0.5, 0.6) is 0 Å². The Kier molecular flexibility index (Phi) is 7.75. The lowest BCUT2D eigenvalue weighted by Crippen LogP contribution is -2.09. The van der Waals surface area contributed by atoms with E-state index < -0.39 is 0 Å². The van der Waals surface area contributed by atoms with Gasteiger partial charge in [0, 0.05) is 53.6 Å². The molecule has 0 amide bonds. The molecule has 0 aliphatic carbocycles. The number of rotatable bonds is 6. The molecule has 12 aromatic rings. The van der Waals surface area contributed by atoms with Gasteiger partial charge in [-0.05, 0) is 104 Å². The van der Waals surface area contributed by atoms with Gasteiger partial charge in [0.05, 0.1) is 0 Å². The third-order valence-corrected chi connectivity index (χ3v) is 13.1. The highest BCUT2D eigenvalue weighted by Gasteiger charge is 2.17. The molecule has 2 nitrogen and oxygen atoms in total. The zero-order chi connectivity index (χ0) is 38.9. The summed E-state index contributed by atoms with van der Waals surface area (Å²) in [4.78, 5) is 2.38. The molecule has 0 unspecified atom stereocenters. The monoisotopic (exact) mass is 769 g/mol. The van der Waals surface area contributed by atoms with Crippen LogP contribution in [0, 0.1) is 0 Å². The normalized spacial score (nSPS) is 11.7. The van der Waals surface area contributed by atoms with Crippen LogP contribution in [-0.2, 0) is 0 Å². The average molecular weight is 770 g/mol. The van der Waals surface area contributed by atoms with Gasteiger partial charge in [0.15, 0.2) is 0 Å². The second kappa shape index (κ2) is 13.6. The van der Waals surface area contributed by atoms with Crippen LogP contribution in [-0.4, -0.2) is 0 Å². The maximum Gasteiger partial charge on any atom is 0.143 e. The Morgan fingerprint density at radius 2 is 0.949 bits per heavy atom. The topological polar surface area (TPSA) is 16.4 Å². The first-order valence-corrected chi connectivity index (χ1v) is 20.9. The summed E-state index contributed by atoms with van der Waals surface area (Å²) >= 11 is 1.87. The fourth-order valence-corrected chi connectivity index (χ4v) is 10.2. The molecule has 12 rings (SSSR count). The van der Waals surface area contributed by atoms with Gasteiger partial charge >= 0.3 is 0 Å². The van der Waals surface area contributed by atoms with E-state index in [-0.39, 0.29) is 0 Å². The highest BCUT2D eigenvalue weighted by atomic mass is 32.1. The van der Waals surface area contributed by atoms with E-state index in [0.717, 1.165) is 61.3 Å². The lowest BCUT2D eigenvalue weighted by molar-refractivity contribution is 0.670. The predicted octanol–water partition coefficient (Wildman–Crippen LogP) is 16.7. The molecule has 0 N–H and O–H groups in total. The van der Waals surface area contributed by atoms with Crippen molar-refractivity contribution >= 4 is 92.1 Å². The highest BCUT2D eigenvalue weighted by Crippen LogP contribution is 2.43. The van der Waals surface area contributed by atoms with Gasteiger partial charge in [-0.25, -0.2) is 0 Å². The first kappa shape index (κ1) is 33.7. The molecule has 0 aliphatic heterocycles. The van der Waals surface area contributed by atoms with E-state index in [1.807, 2.05) is 17.4 Å². The fourth-order valence-electron chi connectivity index (χ4n) is 8.98. The summed E-state index contributed by atoms with van der Waals surface area (Å²) in [5.41, 5.74) is 12.2. The van der Waals surface area contributed by atoms with Crippen LogP contribution in [0.3, 0.4) is 0 Å².